The third-order valence-electron chi connectivity index (χ3n) is 4.68. The molecular formula is C22H20N2O3S. The highest BCUT2D eigenvalue weighted by Gasteiger charge is 2.20. The largest absolute Gasteiger partial charge is 0.451 e. The molecule has 0 spiro atoms. The fourth-order valence-corrected chi connectivity index (χ4v) is 4.24. The van der Waals surface area contributed by atoms with Gasteiger partial charge < -0.3 is 10.1 Å². The lowest BCUT2D eigenvalue weighted by Crippen LogP contribution is -2.21. The fraction of sp³-hybridized carbons (Fsp3) is 0.227. The molecule has 0 radical (unpaired) electrons. The molecule has 3 aromatic rings. The van der Waals surface area contributed by atoms with Crippen molar-refractivity contribution in [2.75, 3.05) is 11.9 Å². The van der Waals surface area contributed by atoms with Gasteiger partial charge in [-0.2, -0.15) is 0 Å². The van der Waals surface area contributed by atoms with Crippen LogP contribution >= 0.6 is 11.3 Å². The number of hydrogen-bond donors (Lipinski definition) is 1. The second-order valence-electron chi connectivity index (χ2n) is 6.74. The number of ether oxygens (including phenoxy) is 1. The molecule has 0 bridgehead atoms. The molecule has 6 heteroatoms. The minimum Gasteiger partial charge on any atom is -0.451 e. The van der Waals surface area contributed by atoms with E-state index in [1.54, 1.807) is 0 Å². The van der Waals surface area contributed by atoms with Crippen LogP contribution in [-0.4, -0.2) is 23.5 Å². The Morgan fingerprint density at radius 2 is 1.89 bits per heavy atom. The molecular weight excluding hydrogens is 372 g/mol. The normalized spacial score (nSPS) is 12.5. The van der Waals surface area contributed by atoms with Gasteiger partial charge in [-0.25, -0.2) is 9.78 Å². The SMILES string of the molecule is Cc1nc(-c2ccccc2)c(C(=O)OCC(=O)Nc2ccc3c(c2)CCC3)s1. The second-order valence-corrected chi connectivity index (χ2v) is 7.94. The molecule has 1 aliphatic carbocycles. The summed E-state index contributed by atoms with van der Waals surface area (Å²) in [5, 5.41) is 3.57. The summed E-state index contributed by atoms with van der Waals surface area (Å²) < 4.78 is 5.25. The fourth-order valence-electron chi connectivity index (χ4n) is 3.40. The van der Waals surface area contributed by atoms with E-state index in [9.17, 15) is 9.59 Å². The first kappa shape index (κ1) is 18.4. The molecule has 1 amide bonds. The Morgan fingerprint density at radius 3 is 2.71 bits per heavy atom. The molecule has 0 aliphatic heterocycles. The average Bonchev–Trinajstić information content (AvgIpc) is 3.33. The van der Waals surface area contributed by atoms with Crippen LogP contribution in [0.5, 0.6) is 0 Å². The summed E-state index contributed by atoms with van der Waals surface area (Å²) in [6.45, 7) is 1.51. The maximum atomic E-state index is 12.5. The number of aromatic nitrogens is 1. The van der Waals surface area contributed by atoms with Crippen LogP contribution in [0.15, 0.2) is 48.5 Å². The lowest BCUT2D eigenvalue weighted by molar-refractivity contribution is -0.119. The van der Waals surface area contributed by atoms with Gasteiger partial charge in [-0.05, 0) is 49.4 Å². The Hall–Kier alpha value is -2.99. The van der Waals surface area contributed by atoms with E-state index in [2.05, 4.69) is 16.4 Å². The zero-order valence-electron chi connectivity index (χ0n) is 15.5. The number of thiazole rings is 1. The van der Waals surface area contributed by atoms with Crippen LogP contribution in [0.4, 0.5) is 5.69 Å². The smallest absolute Gasteiger partial charge is 0.351 e. The standard InChI is InChI=1S/C22H20N2O3S/c1-14-23-20(16-6-3-2-4-7-16)21(28-14)22(26)27-13-19(25)24-18-11-10-15-8-5-9-17(15)12-18/h2-4,6-7,10-12H,5,8-9,13H2,1H3,(H,24,25). The van der Waals surface area contributed by atoms with Crippen molar-refractivity contribution >= 4 is 28.9 Å². The lowest BCUT2D eigenvalue weighted by Gasteiger charge is -2.08. The number of nitrogens with one attached hydrogen (secondary N) is 1. The van der Waals surface area contributed by atoms with Gasteiger partial charge >= 0.3 is 5.97 Å². The van der Waals surface area contributed by atoms with E-state index < -0.39 is 5.97 Å². The highest BCUT2D eigenvalue weighted by atomic mass is 32.1. The average molecular weight is 392 g/mol. The number of benzene rings is 2. The van der Waals surface area contributed by atoms with Crippen LogP contribution < -0.4 is 5.32 Å². The van der Waals surface area contributed by atoms with Gasteiger partial charge in [0, 0.05) is 11.3 Å². The van der Waals surface area contributed by atoms with Crippen molar-refractivity contribution < 1.29 is 14.3 Å². The van der Waals surface area contributed by atoms with Gasteiger partial charge in [-0.3, -0.25) is 4.79 Å². The first-order chi connectivity index (χ1) is 13.6. The summed E-state index contributed by atoms with van der Waals surface area (Å²) in [6.07, 6.45) is 3.29. The number of aryl methyl sites for hydroxylation is 3. The van der Waals surface area contributed by atoms with E-state index in [1.807, 2.05) is 49.4 Å². The molecule has 1 N–H and O–H groups in total. The monoisotopic (exact) mass is 392 g/mol. The first-order valence-corrected chi connectivity index (χ1v) is 10.0. The number of amides is 1. The summed E-state index contributed by atoms with van der Waals surface area (Å²) >= 11 is 1.27. The maximum Gasteiger partial charge on any atom is 0.351 e. The second kappa shape index (κ2) is 7.94. The van der Waals surface area contributed by atoms with Crippen molar-refractivity contribution in [2.45, 2.75) is 26.2 Å². The molecule has 0 atom stereocenters. The first-order valence-electron chi connectivity index (χ1n) is 9.22. The van der Waals surface area contributed by atoms with E-state index in [-0.39, 0.29) is 12.5 Å². The van der Waals surface area contributed by atoms with Gasteiger partial charge in [0.15, 0.2) is 6.61 Å². The predicted octanol–water partition coefficient (Wildman–Crippen LogP) is 4.40. The van der Waals surface area contributed by atoms with E-state index in [1.165, 1.54) is 22.5 Å². The molecule has 1 aliphatic rings. The number of nitrogens with zero attached hydrogens (tertiary/aromatic N) is 1. The minimum absolute atomic E-state index is 0.332. The Labute approximate surface area is 167 Å². The quantitative estimate of drug-likeness (QED) is 0.654. The molecule has 0 saturated carbocycles. The highest BCUT2D eigenvalue weighted by Crippen LogP contribution is 2.28. The van der Waals surface area contributed by atoms with Gasteiger partial charge in [0.1, 0.15) is 4.88 Å². The summed E-state index contributed by atoms with van der Waals surface area (Å²) in [5.41, 5.74) is 4.80. The Kier molecular flexibility index (Phi) is 5.21. The minimum atomic E-state index is -0.534. The van der Waals surface area contributed by atoms with Gasteiger partial charge in [0.25, 0.3) is 5.91 Å². The summed E-state index contributed by atoms with van der Waals surface area (Å²) in [5.74, 6) is -0.887. The molecule has 2 aromatic carbocycles. The van der Waals surface area contributed by atoms with E-state index in [4.69, 9.17) is 4.74 Å². The third-order valence-corrected chi connectivity index (χ3v) is 5.63. The van der Waals surface area contributed by atoms with Crippen molar-refractivity contribution in [3.05, 3.63) is 69.5 Å². The van der Waals surface area contributed by atoms with Crippen molar-refractivity contribution in [1.82, 2.24) is 4.98 Å². The molecule has 4 rings (SSSR count). The zero-order chi connectivity index (χ0) is 19.5. The Morgan fingerprint density at radius 1 is 1.11 bits per heavy atom. The molecule has 5 nitrogen and oxygen atoms in total. The summed E-state index contributed by atoms with van der Waals surface area (Å²) in [6, 6.07) is 15.4. The van der Waals surface area contributed by atoms with Crippen LogP contribution in [0, 0.1) is 6.92 Å². The number of anilines is 1. The molecule has 1 heterocycles. The highest BCUT2D eigenvalue weighted by molar-refractivity contribution is 7.14. The van der Waals surface area contributed by atoms with Gasteiger partial charge in [-0.15, -0.1) is 11.3 Å². The van der Waals surface area contributed by atoms with E-state index in [0.29, 0.717) is 10.6 Å². The molecule has 0 fully saturated rings. The number of hydrogen-bond acceptors (Lipinski definition) is 5. The Balaban J connectivity index is 1.40. The molecule has 28 heavy (non-hydrogen) atoms. The lowest BCUT2D eigenvalue weighted by atomic mass is 10.1. The van der Waals surface area contributed by atoms with E-state index in [0.717, 1.165) is 35.5 Å². The number of rotatable bonds is 5. The van der Waals surface area contributed by atoms with Crippen molar-refractivity contribution in [3.63, 3.8) is 0 Å². The van der Waals surface area contributed by atoms with Crippen LogP contribution in [0.3, 0.4) is 0 Å². The van der Waals surface area contributed by atoms with Crippen molar-refractivity contribution in [3.8, 4) is 11.3 Å². The molecule has 1 aromatic heterocycles. The summed E-state index contributed by atoms with van der Waals surface area (Å²) in [7, 11) is 0. The third kappa shape index (κ3) is 3.97. The van der Waals surface area contributed by atoms with Crippen molar-refractivity contribution in [2.24, 2.45) is 0 Å². The van der Waals surface area contributed by atoms with E-state index >= 15 is 0 Å². The maximum absolute atomic E-state index is 12.5. The van der Waals surface area contributed by atoms with Crippen LogP contribution in [0.2, 0.25) is 0 Å². The number of esters is 1. The van der Waals surface area contributed by atoms with Gasteiger partial charge in [0.05, 0.1) is 10.7 Å². The van der Waals surface area contributed by atoms with Crippen molar-refractivity contribution in [1.29, 1.82) is 0 Å². The zero-order valence-corrected chi connectivity index (χ0v) is 16.3. The van der Waals surface area contributed by atoms with Gasteiger partial charge in [-0.1, -0.05) is 36.4 Å². The van der Waals surface area contributed by atoms with Gasteiger partial charge in [0.2, 0.25) is 0 Å². The van der Waals surface area contributed by atoms with Crippen LogP contribution in [0.1, 0.15) is 32.2 Å². The Bertz CT molecular complexity index is 1030. The number of fused-ring (bicyclic) bond motifs is 1. The topological polar surface area (TPSA) is 68.3 Å². The molecule has 0 saturated heterocycles. The number of carbonyl (C=O) groups excluding carboxylic acids is 2. The summed E-state index contributed by atoms with van der Waals surface area (Å²) in [4.78, 5) is 29.6. The number of carbonyl (C=O) groups is 2. The van der Waals surface area contributed by atoms with Crippen LogP contribution in [-0.2, 0) is 22.4 Å². The molecule has 0 unspecified atom stereocenters. The predicted molar refractivity (Wildman–Crippen MR) is 110 cm³/mol. The van der Waals surface area contributed by atoms with Crippen LogP contribution in [0.25, 0.3) is 11.3 Å². The molecule has 142 valence electrons.